The summed E-state index contributed by atoms with van der Waals surface area (Å²) in [5, 5.41) is 7.33. The maximum absolute atomic E-state index is 13.2. The van der Waals surface area contributed by atoms with Gasteiger partial charge in [-0.1, -0.05) is 32.0 Å². The summed E-state index contributed by atoms with van der Waals surface area (Å²) in [7, 11) is 5.83. The molecule has 0 aliphatic rings. The number of hydrogen-bond donors (Lipinski definition) is 2. The van der Waals surface area contributed by atoms with Gasteiger partial charge in [-0.2, -0.15) is 5.10 Å². The van der Waals surface area contributed by atoms with Gasteiger partial charge in [0, 0.05) is 17.9 Å². The molecule has 2 N–H and O–H groups in total. The number of anilines is 1. The molecule has 7 nitrogen and oxygen atoms in total. The third kappa shape index (κ3) is 9.24. The van der Waals surface area contributed by atoms with Gasteiger partial charge >= 0.3 is 0 Å². The second kappa shape index (κ2) is 12.7. The van der Waals surface area contributed by atoms with E-state index in [2.05, 4.69) is 34.6 Å². The van der Waals surface area contributed by atoms with E-state index in [9.17, 15) is 9.59 Å². The topological polar surface area (TPSA) is 73.8 Å². The minimum atomic E-state index is -0.460. The Bertz CT molecular complexity index is 719. The number of carbonyl (C=O) groups is 2. The normalized spacial score (nSPS) is 12.9. The van der Waals surface area contributed by atoms with Crippen LogP contribution in [0.1, 0.15) is 31.9 Å². The molecular formula is C22H38ClN5O2. The van der Waals surface area contributed by atoms with Crippen LogP contribution in [0.4, 0.5) is 5.69 Å². The minimum Gasteiger partial charge on any atom is -1.00 e. The molecule has 0 radical (unpaired) electrons. The Labute approximate surface area is 187 Å². The SMILES string of the molecule is CCN(CC)CC(C(=O)Nc1c(C)cccc1C)/C(C)=N/NC(=O)C[N+](C)(C)C.[Cl-]. The van der Waals surface area contributed by atoms with E-state index in [1.165, 1.54) is 0 Å². The lowest BCUT2D eigenvalue weighted by molar-refractivity contribution is -0.862. The summed E-state index contributed by atoms with van der Waals surface area (Å²) in [4.78, 5) is 27.5. The summed E-state index contributed by atoms with van der Waals surface area (Å²) in [6.07, 6.45) is 0. The predicted molar refractivity (Wildman–Crippen MR) is 120 cm³/mol. The van der Waals surface area contributed by atoms with Gasteiger partial charge in [-0.05, 0) is 45.0 Å². The van der Waals surface area contributed by atoms with Crippen LogP contribution in [-0.2, 0) is 9.59 Å². The number of carbonyl (C=O) groups excluding carboxylic acids is 2. The Morgan fingerprint density at radius 2 is 1.63 bits per heavy atom. The maximum atomic E-state index is 13.2. The van der Waals surface area contributed by atoms with Crippen molar-refractivity contribution in [3.8, 4) is 0 Å². The predicted octanol–water partition coefficient (Wildman–Crippen LogP) is -0.598. The van der Waals surface area contributed by atoms with Gasteiger partial charge in [0.05, 0.1) is 27.1 Å². The fourth-order valence-electron chi connectivity index (χ4n) is 3.06. The molecule has 8 heteroatoms. The summed E-state index contributed by atoms with van der Waals surface area (Å²) < 4.78 is 0.510. The van der Waals surface area contributed by atoms with Crippen molar-refractivity contribution in [2.75, 3.05) is 52.6 Å². The zero-order chi connectivity index (χ0) is 22.2. The zero-order valence-corrected chi connectivity index (χ0v) is 20.4. The fraction of sp³-hybridized carbons (Fsp3) is 0.591. The Morgan fingerprint density at radius 3 is 2.10 bits per heavy atom. The number of nitrogens with zero attached hydrogens (tertiary/aromatic N) is 3. The summed E-state index contributed by atoms with van der Waals surface area (Å²) in [5.41, 5.74) is 6.07. The number of aryl methyl sites for hydroxylation is 2. The van der Waals surface area contributed by atoms with Crippen molar-refractivity contribution in [1.29, 1.82) is 0 Å². The molecule has 2 amide bonds. The lowest BCUT2D eigenvalue weighted by Gasteiger charge is -2.25. The number of benzene rings is 1. The molecule has 0 saturated carbocycles. The molecule has 0 spiro atoms. The van der Waals surface area contributed by atoms with Crippen molar-refractivity contribution in [3.63, 3.8) is 0 Å². The largest absolute Gasteiger partial charge is 1.00 e. The van der Waals surface area contributed by atoms with Crippen LogP contribution in [0.5, 0.6) is 0 Å². The molecule has 0 heterocycles. The summed E-state index contributed by atoms with van der Waals surface area (Å²) in [6, 6.07) is 5.94. The molecule has 1 aromatic carbocycles. The van der Waals surface area contributed by atoms with Crippen LogP contribution in [0.2, 0.25) is 0 Å². The molecule has 170 valence electrons. The van der Waals surface area contributed by atoms with Gasteiger partial charge in [-0.15, -0.1) is 0 Å². The van der Waals surface area contributed by atoms with Crippen LogP contribution in [0.3, 0.4) is 0 Å². The number of amides is 2. The summed E-state index contributed by atoms with van der Waals surface area (Å²) in [5.74, 6) is -0.747. The van der Waals surface area contributed by atoms with Gasteiger partial charge in [0.2, 0.25) is 5.91 Å². The Morgan fingerprint density at radius 1 is 1.10 bits per heavy atom. The minimum absolute atomic E-state index is 0. The Hall–Kier alpha value is -1.96. The number of nitrogens with one attached hydrogen (secondary N) is 2. The van der Waals surface area contributed by atoms with Crippen molar-refractivity contribution in [2.45, 2.75) is 34.6 Å². The number of hydrogen-bond acceptors (Lipinski definition) is 4. The van der Waals surface area contributed by atoms with Crippen molar-refractivity contribution in [2.24, 2.45) is 11.0 Å². The van der Waals surface area contributed by atoms with Gasteiger partial charge in [0.15, 0.2) is 6.54 Å². The van der Waals surface area contributed by atoms with E-state index < -0.39 is 5.92 Å². The number of likely N-dealkylation sites (N-methyl/N-ethyl adjacent to an activating group) is 1. The fourth-order valence-corrected chi connectivity index (χ4v) is 3.06. The first kappa shape index (κ1) is 28.0. The molecule has 0 aliphatic carbocycles. The van der Waals surface area contributed by atoms with Gasteiger partial charge in [-0.25, -0.2) is 5.43 Å². The Balaban J connectivity index is 0.00000841. The van der Waals surface area contributed by atoms with Crippen molar-refractivity contribution in [1.82, 2.24) is 10.3 Å². The number of quaternary nitrogens is 1. The summed E-state index contributed by atoms with van der Waals surface area (Å²) >= 11 is 0. The first-order valence-corrected chi connectivity index (χ1v) is 10.2. The van der Waals surface area contributed by atoms with Gasteiger partial charge in [0.1, 0.15) is 0 Å². The van der Waals surface area contributed by atoms with E-state index in [0.29, 0.717) is 23.3 Å². The average molecular weight is 440 g/mol. The highest BCUT2D eigenvalue weighted by molar-refractivity contribution is 6.09. The molecule has 30 heavy (non-hydrogen) atoms. The molecular weight excluding hydrogens is 402 g/mol. The van der Waals surface area contributed by atoms with Crippen LogP contribution >= 0.6 is 0 Å². The molecule has 1 unspecified atom stereocenters. The molecule has 0 bridgehead atoms. The van der Waals surface area contributed by atoms with E-state index in [1.54, 1.807) is 6.92 Å². The van der Waals surface area contributed by atoms with Gasteiger partial charge < -0.3 is 27.1 Å². The average Bonchev–Trinajstić information content (AvgIpc) is 2.62. The monoisotopic (exact) mass is 439 g/mol. The quantitative estimate of drug-likeness (QED) is 0.290. The number of hydrazone groups is 1. The number of rotatable bonds is 10. The molecule has 0 fully saturated rings. The first-order valence-electron chi connectivity index (χ1n) is 10.2. The lowest BCUT2D eigenvalue weighted by atomic mass is 10.0. The van der Waals surface area contributed by atoms with Crippen LogP contribution < -0.4 is 23.1 Å². The second-order valence-electron chi connectivity index (χ2n) is 8.53. The third-order valence-electron chi connectivity index (χ3n) is 4.86. The standard InChI is InChI=1S/C22H37N5O2.ClH/c1-9-26(10-2)14-19(18(5)24-25-20(28)15-27(6,7)8)22(29)23-21-16(3)12-11-13-17(21)4;/h11-13,19H,9-10,14-15H2,1-8H3,(H-,23,25,28,29);1H/b24-18+;. The van der Waals surface area contributed by atoms with E-state index in [0.717, 1.165) is 29.9 Å². The Kier molecular flexibility index (Phi) is 11.8. The molecule has 1 rings (SSSR count). The van der Waals surface area contributed by atoms with Crippen LogP contribution in [0, 0.1) is 19.8 Å². The third-order valence-corrected chi connectivity index (χ3v) is 4.86. The molecule has 0 saturated heterocycles. The van der Waals surface area contributed by atoms with E-state index in [-0.39, 0.29) is 24.2 Å². The van der Waals surface area contributed by atoms with Crippen LogP contribution in [-0.4, -0.2) is 74.2 Å². The maximum Gasteiger partial charge on any atom is 0.295 e. The molecule has 1 aromatic rings. The van der Waals surface area contributed by atoms with Crippen LogP contribution in [0.15, 0.2) is 23.3 Å². The second-order valence-corrected chi connectivity index (χ2v) is 8.53. The van der Waals surface area contributed by atoms with Crippen molar-refractivity contribution >= 4 is 23.2 Å². The van der Waals surface area contributed by atoms with Crippen molar-refractivity contribution in [3.05, 3.63) is 29.3 Å². The highest BCUT2D eigenvalue weighted by Gasteiger charge is 2.25. The van der Waals surface area contributed by atoms with Crippen LogP contribution in [0.25, 0.3) is 0 Å². The highest BCUT2D eigenvalue weighted by atomic mass is 35.5. The zero-order valence-electron chi connectivity index (χ0n) is 19.7. The van der Waals surface area contributed by atoms with E-state index >= 15 is 0 Å². The molecule has 0 aliphatic heterocycles. The number of halogens is 1. The smallest absolute Gasteiger partial charge is 0.295 e. The van der Waals surface area contributed by atoms with E-state index in [4.69, 9.17) is 0 Å². The first-order chi connectivity index (χ1) is 13.5. The van der Waals surface area contributed by atoms with Gasteiger partial charge in [0.25, 0.3) is 5.91 Å². The summed E-state index contributed by atoms with van der Waals surface area (Å²) in [6.45, 7) is 12.4. The molecule has 0 aromatic heterocycles. The van der Waals surface area contributed by atoms with Crippen molar-refractivity contribution < 1.29 is 26.5 Å². The van der Waals surface area contributed by atoms with E-state index in [1.807, 2.05) is 53.2 Å². The lowest BCUT2D eigenvalue weighted by Crippen LogP contribution is -3.00. The number of para-hydroxylation sites is 1. The highest BCUT2D eigenvalue weighted by Crippen LogP contribution is 2.20. The molecule has 1 atom stereocenters. The van der Waals surface area contributed by atoms with Gasteiger partial charge in [-0.3, -0.25) is 9.59 Å².